The van der Waals surface area contributed by atoms with Gasteiger partial charge < -0.3 is 0 Å². The number of aromatic nitrogens is 3. The van der Waals surface area contributed by atoms with E-state index in [2.05, 4.69) is 9.97 Å². The Morgan fingerprint density at radius 1 is 1.35 bits per heavy atom. The lowest BCUT2D eigenvalue weighted by molar-refractivity contribution is -0.140. The van der Waals surface area contributed by atoms with Crippen molar-refractivity contribution in [2.24, 2.45) is 0 Å². The summed E-state index contributed by atoms with van der Waals surface area (Å²) in [7, 11) is 0. The average molecular weight is 264 g/mol. The molecule has 0 spiro atoms. The molecular formula is C9H5ClF3N3O. The zero-order valence-corrected chi connectivity index (χ0v) is 8.96. The Bertz CT molecular complexity index is 623. The third kappa shape index (κ3) is 2.55. The highest BCUT2D eigenvalue weighted by Crippen LogP contribution is 2.19. The van der Waals surface area contributed by atoms with Crippen LogP contribution in [0.15, 0.2) is 23.1 Å². The molecule has 17 heavy (non-hydrogen) atoms. The number of rotatable bonds is 1. The van der Waals surface area contributed by atoms with Gasteiger partial charge in [0.15, 0.2) is 0 Å². The highest BCUT2D eigenvalue weighted by atomic mass is 35.5. The van der Waals surface area contributed by atoms with Gasteiger partial charge in [0.2, 0.25) is 5.28 Å². The van der Waals surface area contributed by atoms with Gasteiger partial charge in [-0.1, -0.05) is 0 Å². The molecule has 0 aliphatic heterocycles. The molecule has 8 heteroatoms. The number of hydrogen-bond donors (Lipinski definition) is 0. The molecule has 0 saturated carbocycles. The molecule has 0 aromatic carbocycles. The van der Waals surface area contributed by atoms with Gasteiger partial charge in [-0.05, 0) is 17.7 Å². The van der Waals surface area contributed by atoms with E-state index in [1.165, 1.54) is 12.3 Å². The van der Waals surface area contributed by atoms with E-state index in [1.54, 1.807) is 0 Å². The monoisotopic (exact) mass is 263 g/mol. The molecule has 0 aliphatic rings. The van der Waals surface area contributed by atoms with Crippen LogP contribution in [0.3, 0.4) is 0 Å². The molecule has 0 bridgehead atoms. The normalized spacial score (nSPS) is 12.0. The van der Waals surface area contributed by atoms with Crippen LogP contribution in [0.25, 0.3) is 11.0 Å². The number of pyridine rings is 1. The summed E-state index contributed by atoms with van der Waals surface area (Å²) in [5.74, 6) is 0. The van der Waals surface area contributed by atoms with Crippen LogP contribution in [0.2, 0.25) is 5.28 Å². The number of alkyl halides is 3. The van der Waals surface area contributed by atoms with E-state index >= 15 is 0 Å². The second-order valence-corrected chi connectivity index (χ2v) is 3.63. The van der Waals surface area contributed by atoms with Crippen LogP contribution in [-0.2, 0) is 6.54 Å². The summed E-state index contributed by atoms with van der Waals surface area (Å²) in [6.45, 7) is -1.41. The highest BCUT2D eigenvalue weighted by Gasteiger charge is 2.29. The summed E-state index contributed by atoms with van der Waals surface area (Å²) in [4.78, 5) is 18.7. The summed E-state index contributed by atoms with van der Waals surface area (Å²) >= 11 is 5.50. The molecule has 0 radical (unpaired) electrons. The van der Waals surface area contributed by atoms with Crippen molar-refractivity contribution < 1.29 is 13.2 Å². The summed E-state index contributed by atoms with van der Waals surface area (Å²) in [6, 6.07) is 2.38. The summed E-state index contributed by atoms with van der Waals surface area (Å²) < 4.78 is 37.5. The second-order valence-electron chi connectivity index (χ2n) is 3.29. The molecule has 0 amide bonds. The van der Waals surface area contributed by atoms with Crippen LogP contribution < -0.4 is 5.56 Å². The molecule has 0 aliphatic carbocycles. The molecule has 0 unspecified atom stereocenters. The number of nitrogens with zero attached hydrogens (tertiary/aromatic N) is 3. The fourth-order valence-electron chi connectivity index (χ4n) is 1.38. The Morgan fingerprint density at radius 2 is 2.06 bits per heavy atom. The summed E-state index contributed by atoms with van der Waals surface area (Å²) in [6.07, 6.45) is -3.24. The van der Waals surface area contributed by atoms with Crippen molar-refractivity contribution in [2.75, 3.05) is 0 Å². The highest BCUT2D eigenvalue weighted by molar-refractivity contribution is 6.28. The molecule has 0 fully saturated rings. The molecule has 4 nitrogen and oxygen atoms in total. The van der Waals surface area contributed by atoms with E-state index in [9.17, 15) is 18.0 Å². The Kier molecular flexibility index (Phi) is 2.78. The van der Waals surface area contributed by atoms with Crippen LogP contribution in [0.5, 0.6) is 0 Å². The molecular weight excluding hydrogens is 259 g/mol. The number of halogens is 4. The molecule has 2 heterocycles. The minimum absolute atomic E-state index is 0.130. The van der Waals surface area contributed by atoms with Crippen LogP contribution in [0, 0.1) is 0 Å². The maximum Gasteiger partial charge on any atom is 0.406 e. The van der Waals surface area contributed by atoms with Gasteiger partial charge in [-0.2, -0.15) is 18.2 Å². The van der Waals surface area contributed by atoms with Crippen LogP contribution in [0.4, 0.5) is 13.2 Å². The van der Waals surface area contributed by atoms with Crippen molar-refractivity contribution in [3.05, 3.63) is 34.0 Å². The lowest BCUT2D eigenvalue weighted by Crippen LogP contribution is -2.28. The average Bonchev–Trinajstić information content (AvgIpc) is 2.21. The predicted octanol–water partition coefficient (Wildman–Crippen LogP) is 2.01. The zero-order chi connectivity index (χ0) is 12.6. The van der Waals surface area contributed by atoms with Gasteiger partial charge in [0.05, 0.1) is 0 Å². The van der Waals surface area contributed by atoms with Crippen molar-refractivity contribution in [2.45, 2.75) is 12.7 Å². The molecule has 2 rings (SSSR count). The van der Waals surface area contributed by atoms with Gasteiger partial charge in [0.1, 0.15) is 12.2 Å². The van der Waals surface area contributed by atoms with Gasteiger partial charge in [-0.25, -0.2) is 4.98 Å². The van der Waals surface area contributed by atoms with Crippen molar-refractivity contribution in [3.8, 4) is 0 Å². The minimum atomic E-state index is -4.50. The van der Waals surface area contributed by atoms with E-state index in [0.717, 1.165) is 6.07 Å². The standard InChI is InChI=1S/C9H5ClF3N3O/c10-8-14-3-5-1-2-6(17)16(7(5)15-8)4-9(11,12)13/h1-3H,4H2. The summed E-state index contributed by atoms with van der Waals surface area (Å²) in [5, 5.41) is 0.109. The molecule has 90 valence electrons. The molecule has 0 N–H and O–H groups in total. The van der Waals surface area contributed by atoms with E-state index < -0.39 is 18.3 Å². The largest absolute Gasteiger partial charge is 0.406 e. The van der Waals surface area contributed by atoms with Gasteiger partial charge in [-0.15, -0.1) is 0 Å². The fraction of sp³-hybridized carbons (Fsp3) is 0.222. The predicted molar refractivity (Wildman–Crippen MR) is 54.9 cm³/mol. The van der Waals surface area contributed by atoms with Gasteiger partial charge in [0, 0.05) is 17.6 Å². The third-order valence-corrected chi connectivity index (χ3v) is 2.21. The van der Waals surface area contributed by atoms with Gasteiger partial charge in [-0.3, -0.25) is 9.36 Å². The SMILES string of the molecule is O=c1ccc2cnc(Cl)nc2n1CC(F)(F)F. The first-order valence-corrected chi connectivity index (χ1v) is 4.83. The Morgan fingerprint density at radius 3 is 2.71 bits per heavy atom. The van der Waals surface area contributed by atoms with Crippen LogP contribution in [-0.4, -0.2) is 20.7 Å². The second kappa shape index (κ2) is 3.99. The maximum atomic E-state index is 12.3. The van der Waals surface area contributed by atoms with E-state index in [4.69, 9.17) is 11.6 Å². The topological polar surface area (TPSA) is 47.8 Å². The first-order chi connectivity index (χ1) is 7.87. The summed E-state index contributed by atoms with van der Waals surface area (Å²) in [5.41, 5.74) is -0.917. The lowest BCUT2D eigenvalue weighted by Gasteiger charge is -2.11. The molecule has 2 aromatic rings. The minimum Gasteiger partial charge on any atom is -0.283 e. The van der Waals surface area contributed by atoms with Crippen molar-refractivity contribution in [1.82, 2.24) is 14.5 Å². The third-order valence-electron chi connectivity index (χ3n) is 2.03. The number of fused-ring (bicyclic) bond motifs is 1. The van der Waals surface area contributed by atoms with Gasteiger partial charge in [0.25, 0.3) is 5.56 Å². The molecule has 0 saturated heterocycles. The maximum absolute atomic E-state index is 12.3. The van der Waals surface area contributed by atoms with E-state index in [0.29, 0.717) is 9.95 Å². The fourth-order valence-corrected chi connectivity index (χ4v) is 1.51. The number of hydrogen-bond acceptors (Lipinski definition) is 3. The Hall–Kier alpha value is -1.63. The first kappa shape index (κ1) is 11.8. The molecule has 0 atom stereocenters. The molecule has 2 aromatic heterocycles. The van der Waals surface area contributed by atoms with E-state index in [-0.39, 0.29) is 10.9 Å². The quantitative estimate of drug-likeness (QED) is 0.740. The van der Waals surface area contributed by atoms with Crippen molar-refractivity contribution >= 4 is 22.6 Å². The zero-order valence-electron chi connectivity index (χ0n) is 8.20. The van der Waals surface area contributed by atoms with Gasteiger partial charge >= 0.3 is 6.18 Å². The van der Waals surface area contributed by atoms with Crippen LogP contribution >= 0.6 is 11.6 Å². The Labute approximate surface area is 97.7 Å². The first-order valence-electron chi connectivity index (χ1n) is 4.46. The Balaban J connectivity index is 2.71. The smallest absolute Gasteiger partial charge is 0.283 e. The van der Waals surface area contributed by atoms with Crippen LogP contribution in [0.1, 0.15) is 0 Å². The van der Waals surface area contributed by atoms with Crippen molar-refractivity contribution in [1.29, 1.82) is 0 Å². The van der Waals surface area contributed by atoms with Crippen molar-refractivity contribution in [3.63, 3.8) is 0 Å². The van der Waals surface area contributed by atoms with E-state index in [1.807, 2.05) is 0 Å². The lowest BCUT2D eigenvalue weighted by atomic mass is 10.3.